The van der Waals surface area contributed by atoms with Crippen LogP contribution in [0.1, 0.15) is 54.7 Å². The fourth-order valence-electron chi connectivity index (χ4n) is 4.84. The number of rotatable bonds is 8. The van der Waals surface area contributed by atoms with E-state index in [0.717, 1.165) is 12.5 Å². The normalized spacial score (nSPS) is 19.3. The van der Waals surface area contributed by atoms with Crippen LogP contribution >= 0.6 is 0 Å². The third-order valence-corrected chi connectivity index (χ3v) is 6.47. The Morgan fingerprint density at radius 3 is 1.79 bits per heavy atom. The average molecular weight is 384 g/mol. The molecule has 0 N–H and O–H groups in total. The number of nitrogens with zero attached hydrogens (tertiary/aromatic N) is 1. The van der Waals surface area contributed by atoms with E-state index in [1.54, 1.807) is 0 Å². The van der Waals surface area contributed by atoms with Crippen LogP contribution in [0.15, 0.2) is 91.0 Å². The van der Waals surface area contributed by atoms with Gasteiger partial charge >= 0.3 is 0 Å². The summed E-state index contributed by atoms with van der Waals surface area (Å²) < 4.78 is 0. The Hall–Kier alpha value is -2.38. The zero-order valence-electron chi connectivity index (χ0n) is 17.4. The SMILES string of the molecule is c1ccc(CCCN(Cc2ccccc2)C2CCC(c3ccccc3)CC2)cc1. The number of aryl methyl sites for hydroxylation is 1. The predicted octanol–water partition coefficient (Wildman–Crippen LogP) is 6.85. The lowest BCUT2D eigenvalue weighted by Gasteiger charge is -2.37. The van der Waals surface area contributed by atoms with Crippen LogP contribution in [0.3, 0.4) is 0 Å². The van der Waals surface area contributed by atoms with Crippen molar-refractivity contribution in [2.75, 3.05) is 6.54 Å². The summed E-state index contributed by atoms with van der Waals surface area (Å²) in [6.07, 6.45) is 7.67. The van der Waals surface area contributed by atoms with Crippen molar-refractivity contribution in [3.8, 4) is 0 Å². The first kappa shape index (κ1) is 19.9. The van der Waals surface area contributed by atoms with Crippen molar-refractivity contribution in [2.24, 2.45) is 0 Å². The zero-order valence-corrected chi connectivity index (χ0v) is 17.4. The Labute approximate surface area is 176 Å². The Kier molecular flexibility index (Phi) is 7.15. The van der Waals surface area contributed by atoms with Crippen LogP contribution in [0.4, 0.5) is 0 Å². The van der Waals surface area contributed by atoms with Crippen LogP contribution in [-0.4, -0.2) is 17.5 Å². The van der Waals surface area contributed by atoms with Gasteiger partial charge in [0.1, 0.15) is 0 Å². The molecule has 4 rings (SSSR count). The second-order valence-electron chi connectivity index (χ2n) is 8.46. The molecular weight excluding hydrogens is 350 g/mol. The fourth-order valence-corrected chi connectivity index (χ4v) is 4.84. The highest BCUT2D eigenvalue weighted by molar-refractivity contribution is 5.20. The second-order valence-corrected chi connectivity index (χ2v) is 8.46. The number of hydrogen-bond acceptors (Lipinski definition) is 1. The van der Waals surface area contributed by atoms with E-state index < -0.39 is 0 Å². The monoisotopic (exact) mass is 383 g/mol. The molecule has 0 aromatic heterocycles. The lowest BCUT2D eigenvalue weighted by molar-refractivity contribution is 0.139. The van der Waals surface area contributed by atoms with E-state index in [4.69, 9.17) is 0 Å². The molecule has 29 heavy (non-hydrogen) atoms. The summed E-state index contributed by atoms with van der Waals surface area (Å²) in [7, 11) is 0. The zero-order chi connectivity index (χ0) is 19.7. The van der Waals surface area contributed by atoms with Gasteiger partial charge in [-0.15, -0.1) is 0 Å². The van der Waals surface area contributed by atoms with Crippen LogP contribution in [0.5, 0.6) is 0 Å². The van der Waals surface area contributed by atoms with Gasteiger partial charge in [-0.05, 0) is 67.7 Å². The van der Waals surface area contributed by atoms with Gasteiger partial charge in [0, 0.05) is 12.6 Å². The minimum atomic E-state index is 0.714. The van der Waals surface area contributed by atoms with Crippen LogP contribution in [-0.2, 0) is 13.0 Å². The highest BCUT2D eigenvalue weighted by Crippen LogP contribution is 2.35. The molecule has 3 aromatic rings. The van der Waals surface area contributed by atoms with Crippen molar-refractivity contribution in [1.82, 2.24) is 4.90 Å². The van der Waals surface area contributed by atoms with E-state index >= 15 is 0 Å². The molecule has 0 spiro atoms. The Balaban J connectivity index is 1.37. The summed E-state index contributed by atoms with van der Waals surface area (Å²) in [6.45, 7) is 2.26. The summed E-state index contributed by atoms with van der Waals surface area (Å²) in [5.74, 6) is 0.746. The van der Waals surface area contributed by atoms with Crippen LogP contribution in [0.25, 0.3) is 0 Å². The van der Waals surface area contributed by atoms with Gasteiger partial charge in [0.25, 0.3) is 0 Å². The maximum Gasteiger partial charge on any atom is 0.0236 e. The summed E-state index contributed by atoms with van der Waals surface area (Å²) in [4.78, 5) is 2.76. The van der Waals surface area contributed by atoms with Gasteiger partial charge in [0.2, 0.25) is 0 Å². The minimum absolute atomic E-state index is 0.714. The summed E-state index contributed by atoms with van der Waals surface area (Å²) >= 11 is 0. The van der Waals surface area contributed by atoms with E-state index in [1.165, 1.54) is 61.8 Å². The van der Waals surface area contributed by atoms with Gasteiger partial charge in [0.15, 0.2) is 0 Å². The first-order valence-corrected chi connectivity index (χ1v) is 11.3. The average Bonchev–Trinajstić information content (AvgIpc) is 2.81. The first-order chi connectivity index (χ1) is 14.4. The maximum absolute atomic E-state index is 2.76. The van der Waals surface area contributed by atoms with E-state index in [9.17, 15) is 0 Å². The molecule has 0 aliphatic heterocycles. The van der Waals surface area contributed by atoms with Crippen molar-refractivity contribution in [1.29, 1.82) is 0 Å². The molecule has 0 amide bonds. The largest absolute Gasteiger partial charge is 0.296 e. The third-order valence-electron chi connectivity index (χ3n) is 6.47. The summed E-state index contributed by atoms with van der Waals surface area (Å²) in [5.41, 5.74) is 4.43. The molecule has 0 atom stereocenters. The van der Waals surface area contributed by atoms with E-state index in [1.807, 2.05) is 0 Å². The van der Waals surface area contributed by atoms with Crippen LogP contribution in [0.2, 0.25) is 0 Å². The molecule has 1 saturated carbocycles. The quantitative estimate of drug-likeness (QED) is 0.411. The van der Waals surface area contributed by atoms with Crippen molar-refractivity contribution in [2.45, 2.75) is 57.0 Å². The van der Waals surface area contributed by atoms with Crippen molar-refractivity contribution < 1.29 is 0 Å². The summed E-state index contributed by atoms with van der Waals surface area (Å²) in [5, 5.41) is 0. The molecule has 3 aromatic carbocycles. The van der Waals surface area contributed by atoms with Crippen LogP contribution < -0.4 is 0 Å². The molecule has 1 aliphatic rings. The molecule has 0 saturated heterocycles. The predicted molar refractivity (Wildman–Crippen MR) is 123 cm³/mol. The molecule has 0 bridgehead atoms. The molecule has 1 nitrogen and oxygen atoms in total. The van der Waals surface area contributed by atoms with Crippen LogP contribution in [0, 0.1) is 0 Å². The fraction of sp³-hybridized carbons (Fsp3) is 0.357. The highest BCUT2D eigenvalue weighted by Gasteiger charge is 2.26. The molecule has 0 heterocycles. The van der Waals surface area contributed by atoms with Gasteiger partial charge in [-0.3, -0.25) is 4.90 Å². The molecule has 0 unspecified atom stereocenters. The molecule has 1 fully saturated rings. The van der Waals surface area contributed by atoms with E-state index in [-0.39, 0.29) is 0 Å². The molecule has 150 valence electrons. The lowest BCUT2D eigenvalue weighted by Crippen LogP contribution is -2.38. The standard InChI is InChI=1S/C28H33N/c1-4-11-24(12-5-1)15-10-22-29(23-25-13-6-2-7-14-25)28-20-18-27(19-21-28)26-16-8-3-9-17-26/h1-9,11-14,16-17,27-28H,10,15,18-23H2. The minimum Gasteiger partial charge on any atom is -0.296 e. The highest BCUT2D eigenvalue weighted by atomic mass is 15.1. The Morgan fingerprint density at radius 1 is 0.621 bits per heavy atom. The molecule has 1 heteroatoms. The topological polar surface area (TPSA) is 3.24 Å². The van der Waals surface area contributed by atoms with Crippen molar-refractivity contribution >= 4 is 0 Å². The first-order valence-electron chi connectivity index (χ1n) is 11.3. The molecule has 0 radical (unpaired) electrons. The smallest absolute Gasteiger partial charge is 0.0236 e. The van der Waals surface area contributed by atoms with E-state index in [0.29, 0.717) is 6.04 Å². The van der Waals surface area contributed by atoms with Gasteiger partial charge < -0.3 is 0 Å². The van der Waals surface area contributed by atoms with Gasteiger partial charge in [-0.25, -0.2) is 0 Å². The Bertz CT molecular complexity index is 820. The van der Waals surface area contributed by atoms with Crippen molar-refractivity contribution in [3.63, 3.8) is 0 Å². The number of hydrogen-bond donors (Lipinski definition) is 0. The van der Waals surface area contributed by atoms with E-state index in [2.05, 4.69) is 95.9 Å². The lowest BCUT2D eigenvalue weighted by atomic mass is 9.81. The summed E-state index contributed by atoms with van der Waals surface area (Å²) in [6, 6.07) is 33.8. The maximum atomic E-state index is 2.76. The van der Waals surface area contributed by atoms with Crippen molar-refractivity contribution in [3.05, 3.63) is 108 Å². The van der Waals surface area contributed by atoms with Gasteiger partial charge in [-0.1, -0.05) is 91.0 Å². The Morgan fingerprint density at radius 2 is 1.17 bits per heavy atom. The molecule has 1 aliphatic carbocycles. The number of benzene rings is 3. The van der Waals surface area contributed by atoms with Gasteiger partial charge in [0.05, 0.1) is 0 Å². The second kappa shape index (κ2) is 10.4. The molecular formula is C28H33N. The van der Waals surface area contributed by atoms with Gasteiger partial charge in [-0.2, -0.15) is 0 Å². The third kappa shape index (κ3) is 5.81.